The van der Waals surface area contributed by atoms with Gasteiger partial charge in [0.1, 0.15) is 0 Å². The van der Waals surface area contributed by atoms with Gasteiger partial charge in [0, 0.05) is 49.9 Å². The zero-order valence-electron chi connectivity index (χ0n) is 31.4. The second kappa shape index (κ2) is 15.9. The van der Waals surface area contributed by atoms with Crippen molar-refractivity contribution in [3.05, 3.63) is 96.4 Å². The predicted octanol–water partition coefficient (Wildman–Crippen LogP) is 10.8. The van der Waals surface area contributed by atoms with E-state index in [1.165, 1.54) is 54.5 Å². The van der Waals surface area contributed by atoms with Gasteiger partial charge in [-0.25, -0.2) is 0 Å². The Balaban J connectivity index is 0.000000271. The van der Waals surface area contributed by atoms with E-state index in [9.17, 15) is 9.90 Å². The Labute approximate surface area is 318 Å². The van der Waals surface area contributed by atoms with Crippen LogP contribution in [0.3, 0.4) is 0 Å². The SMILES string of the molecule is CC(C)Cc1ccc2ccc3c4ccnc5c4c(cc3c2c1)[Si](C)(C)c1nc2ccccc2[c-]c1-5.CCC(CC)C(=O)/C=C(\O)C(CC)CC.[Ir]. The molecule has 0 amide bonds. The van der Waals surface area contributed by atoms with Gasteiger partial charge in [0.25, 0.3) is 0 Å². The Bertz CT molecular complexity index is 2250. The number of benzene rings is 4. The average molecular weight is 872 g/mol. The first-order valence-electron chi connectivity index (χ1n) is 18.6. The van der Waals surface area contributed by atoms with Crippen LogP contribution in [0.15, 0.2) is 84.8 Å². The molecule has 6 aromatic rings. The fourth-order valence-electron chi connectivity index (χ4n) is 7.81. The number of carbonyl (C=O) groups excluding carboxylic acids is 1. The van der Waals surface area contributed by atoms with Crippen LogP contribution in [0, 0.1) is 23.8 Å². The number of rotatable bonds is 9. The molecule has 0 saturated heterocycles. The van der Waals surface area contributed by atoms with Crippen molar-refractivity contribution in [2.24, 2.45) is 17.8 Å². The minimum atomic E-state index is -2.11. The number of fused-ring (bicyclic) bond motifs is 7. The van der Waals surface area contributed by atoms with Crippen LogP contribution in [0.2, 0.25) is 13.1 Å². The summed E-state index contributed by atoms with van der Waals surface area (Å²) in [5, 5.41) is 21.4. The fraction of sp³-hybridized carbons (Fsp3) is 0.356. The number of pyridine rings is 2. The monoisotopic (exact) mass is 872 g/mol. The summed E-state index contributed by atoms with van der Waals surface area (Å²) in [5.74, 6) is 1.18. The minimum Gasteiger partial charge on any atom is -0.512 e. The summed E-state index contributed by atoms with van der Waals surface area (Å²) in [5.41, 5.74) is 4.56. The molecule has 1 radical (unpaired) electrons. The maximum absolute atomic E-state index is 11.7. The number of hydrogen-bond acceptors (Lipinski definition) is 4. The number of allylic oxidation sites excluding steroid dienone is 2. The van der Waals surface area contributed by atoms with Gasteiger partial charge < -0.3 is 10.1 Å². The molecule has 0 bridgehead atoms. The number of carbonyl (C=O) groups is 1. The molecule has 0 atom stereocenters. The Morgan fingerprint density at radius 2 is 1.53 bits per heavy atom. The van der Waals surface area contributed by atoms with E-state index in [-0.39, 0.29) is 43.5 Å². The van der Waals surface area contributed by atoms with Gasteiger partial charge in [-0.3, -0.25) is 9.78 Å². The zero-order chi connectivity index (χ0) is 35.7. The molecule has 4 aromatic carbocycles. The zero-order valence-corrected chi connectivity index (χ0v) is 34.8. The van der Waals surface area contributed by atoms with Crippen molar-refractivity contribution in [3.8, 4) is 11.3 Å². The van der Waals surface area contributed by atoms with Crippen molar-refractivity contribution in [1.82, 2.24) is 9.97 Å². The maximum Gasteiger partial charge on any atom is 0.162 e. The van der Waals surface area contributed by atoms with E-state index < -0.39 is 8.07 Å². The normalized spacial score (nSPS) is 13.5. The first-order valence-corrected chi connectivity index (χ1v) is 21.6. The number of aliphatic hydroxyl groups excluding tert-OH is 1. The van der Waals surface area contributed by atoms with E-state index in [4.69, 9.17) is 9.97 Å². The molecule has 0 spiro atoms. The van der Waals surface area contributed by atoms with E-state index in [1.54, 1.807) is 0 Å². The Hall–Kier alpha value is -3.70. The molecule has 6 heteroatoms. The van der Waals surface area contributed by atoms with Gasteiger partial charge in [-0.05, 0) is 92.8 Å². The van der Waals surface area contributed by atoms with Gasteiger partial charge in [0.15, 0.2) is 5.78 Å². The van der Waals surface area contributed by atoms with Crippen LogP contribution in [0.5, 0.6) is 0 Å². The molecule has 1 aliphatic heterocycles. The second-order valence-corrected chi connectivity index (χ2v) is 19.2. The van der Waals surface area contributed by atoms with Crippen LogP contribution in [0.1, 0.15) is 72.8 Å². The molecule has 1 aliphatic rings. The summed E-state index contributed by atoms with van der Waals surface area (Å²) < 4.78 is 0. The largest absolute Gasteiger partial charge is 0.512 e. The first kappa shape index (κ1) is 38.5. The molecule has 3 heterocycles. The Morgan fingerprint density at radius 3 is 2.22 bits per heavy atom. The molecule has 267 valence electrons. The first-order chi connectivity index (χ1) is 24.0. The van der Waals surface area contributed by atoms with E-state index in [0.717, 1.165) is 54.3 Å². The van der Waals surface area contributed by atoms with Gasteiger partial charge in [-0.2, -0.15) is 0 Å². The van der Waals surface area contributed by atoms with Crippen LogP contribution in [0.4, 0.5) is 0 Å². The van der Waals surface area contributed by atoms with Crippen LogP contribution >= 0.6 is 0 Å². The molecule has 0 aliphatic carbocycles. The van der Waals surface area contributed by atoms with Crippen molar-refractivity contribution >= 4 is 67.6 Å². The number of aliphatic hydroxyl groups is 1. The number of nitrogens with zero attached hydrogens (tertiary/aromatic N) is 2. The predicted molar refractivity (Wildman–Crippen MR) is 215 cm³/mol. The molecular formula is C45H51IrN2O2Si-. The van der Waals surface area contributed by atoms with E-state index in [1.807, 2.05) is 33.9 Å². The Morgan fingerprint density at radius 1 is 0.843 bits per heavy atom. The standard InChI is InChI=1S/C32H27N2Si.C13H24O2.Ir/c1-19(2)15-20-9-10-21-11-12-23-24-13-14-33-31-27-17-22-7-5-6-8-28(22)34-32(27)35(3,4)29(30(24)31)18-26(23)25(21)16-20;1-5-10(6-2)12(14)9-13(15)11(7-3)8-4;/h5-14,16,18-19H,15H2,1-4H3;9-11,14H,5-8H2,1-4H3;/q-1;;/b;12-9-;. The second-order valence-electron chi connectivity index (χ2n) is 14.9. The maximum atomic E-state index is 11.7. The van der Waals surface area contributed by atoms with Crippen molar-refractivity contribution in [2.75, 3.05) is 0 Å². The molecule has 51 heavy (non-hydrogen) atoms. The molecule has 0 fully saturated rings. The van der Waals surface area contributed by atoms with Crippen molar-refractivity contribution in [2.45, 2.75) is 86.7 Å². The van der Waals surface area contributed by atoms with Crippen LogP contribution in [-0.2, 0) is 31.3 Å². The third-order valence-electron chi connectivity index (χ3n) is 10.8. The molecule has 4 nitrogen and oxygen atoms in total. The quantitative estimate of drug-likeness (QED) is 0.0517. The number of hydrogen-bond donors (Lipinski definition) is 1. The van der Waals surface area contributed by atoms with Gasteiger partial charge in [0.05, 0.1) is 13.8 Å². The summed E-state index contributed by atoms with van der Waals surface area (Å²) in [4.78, 5) is 21.9. The third-order valence-corrected chi connectivity index (χ3v) is 14.1. The summed E-state index contributed by atoms with van der Waals surface area (Å²) in [6.07, 6.45) is 7.97. The summed E-state index contributed by atoms with van der Waals surface area (Å²) in [6, 6.07) is 28.3. The molecule has 0 saturated carbocycles. The minimum absolute atomic E-state index is 0. The molecule has 2 aromatic heterocycles. The van der Waals surface area contributed by atoms with Gasteiger partial charge in [0.2, 0.25) is 0 Å². The van der Waals surface area contributed by atoms with Gasteiger partial charge in [-0.15, -0.1) is 12.1 Å². The molecule has 7 rings (SSSR count). The summed E-state index contributed by atoms with van der Waals surface area (Å²) >= 11 is 0. The Kier molecular flexibility index (Phi) is 12.0. The topological polar surface area (TPSA) is 63.1 Å². The fourth-order valence-corrected chi connectivity index (χ4v) is 10.7. The molecule has 0 unspecified atom stereocenters. The number of para-hydroxylation sites is 1. The van der Waals surface area contributed by atoms with Crippen molar-refractivity contribution in [3.63, 3.8) is 0 Å². The average Bonchev–Trinajstić information content (AvgIpc) is 3.10. The van der Waals surface area contributed by atoms with Crippen molar-refractivity contribution in [1.29, 1.82) is 0 Å². The van der Waals surface area contributed by atoms with E-state index in [0.29, 0.717) is 5.92 Å². The number of aromatic nitrogens is 2. The molecule has 1 N–H and O–H groups in total. The third kappa shape index (κ3) is 7.33. The molecular weight excluding hydrogens is 821 g/mol. The number of ketones is 1. The van der Waals surface area contributed by atoms with Crippen LogP contribution in [0.25, 0.3) is 54.5 Å². The van der Waals surface area contributed by atoms with Gasteiger partial charge >= 0.3 is 0 Å². The van der Waals surface area contributed by atoms with Crippen molar-refractivity contribution < 1.29 is 30.0 Å². The van der Waals surface area contributed by atoms with Crippen LogP contribution in [-0.4, -0.2) is 28.9 Å². The van der Waals surface area contributed by atoms with E-state index >= 15 is 0 Å². The smallest absolute Gasteiger partial charge is 0.162 e. The summed E-state index contributed by atoms with van der Waals surface area (Å²) in [6.45, 7) is 17.5. The summed E-state index contributed by atoms with van der Waals surface area (Å²) in [7, 11) is -2.11. The van der Waals surface area contributed by atoms with Gasteiger partial charge in [-0.1, -0.05) is 125 Å². The van der Waals surface area contributed by atoms with E-state index in [2.05, 4.69) is 99.7 Å². The van der Waals surface area contributed by atoms with Crippen LogP contribution < -0.4 is 10.5 Å².